The minimum Gasteiger partial charge on any atom is -0.444 e. The maximum Gasteiger partial charge on any atom is 0.410 e. The normalized spacial score (nSPS) is 32.9. The van der Waals surface area contributed by atoms with E-state index < -0.39 is 5.60 Å². The number of aldehydes is 1. The van der Waals surface area contributed by atoms with Gasteiger partial charge in [-0.05, 0) is 39.5 Å². The molecule has 4 nitrogen and oxygen atoms in total. The Balaban J connectivity index is 1.97. The summed E-state index contributed by atoms with van der Waals surface area (Å²) in [6.45, 7) is 6.83. The van der Waals surface area contributed by atoms with Gasteiger partial charge in [-0.3, -0.25) is 0 Å². The molecule has 2 bridgehead atoms. The van der Waals surface area contributed by atoms with Crippen molar-refractivity contribution in [3.63, 3.8) is 0 Å². The zero-order valence-electron chi connectivity index (χ0n) is 10.2. The number of carbonyl (C=O) groups excluding carboxylic acids is 2. The molecule has 3 aliphatic rings. The molecule has 0 radical (unpaired) electrons. The molecule has 2 heterocycles. The number of carbonyl (C=O) groups is 2. The summed E-state index contributed by atoms with van der Waals surface area (Å²) < 4.78 is 5.31. The van der Waals surface area contributed by atoms with Crippen LogP contribution in [0.2, 0.25) is 0 Å². The number of rotatable bonds is 1. The molecule has 3 fully saturated rings. The summed E-state index contributed by atoms with van der Waals surface area (Å²) in [6, 6.07) is 0. The number of nitrogens with zero attached hydrogens (tertiary/aromatic N) is 1. The molecule has 0 unspecified atom stereocenters. The largest absolute Gasteiger partial charge is 0.444 e. The van der Waals surface area contributed by atoms with Gasteiger partial charge in [0, 0.05) is 18.5 Å². The topological polar surface area (TPSA) is 46.6 Å². The fraction of sp³-hybridized carbons (Fsp3) is 0.833. The Kier molecular flexibility index (Phi) is 2.48. The number of amides is 1. The molecule has 0 N–H and O–H groups in total. The third kappa shape index (κ3) is 2.06. The molecule has 0 spiro atoms. The maximum atomic E-state index is 11.8. The SMILES string of the molecule is CC(C)(C)OC(=O)N1CC2CC(C=O)(C2)C1. The van der Waals surface area contributed by atoms with E-state index >= 15 is 0 Å². The third-order valence-corrected chi connectivity index (χ3v) is 3.28. The van der Waals surface area contributed by atoms with Crippen molar-refractivity contribution in [1.29, 1.82) is 0 Å². The van der Waals surface area contributed by atoms with E-state index in [0.717, 1.165) is 25.7 Å². The van der Waals surface area contributed by atoms with Crippen LogP contribution in [0.1, 0.15) is 33.6 Å². The first-order chi connectivity index (χ1) is 7.34. The summed E-state index contributed by atoms with van der Waals surface area (Å²) in [5, 5.41) is 0. The van der Waals surface area contributed by atoms with Gasteiger partial charge in [-0.1, -0.05) is 0 Å². The average Bonchev–Trinajstić information content (AvgIpc) is 2.14. The van der Waals surface area contributed by atoms with Crippen LogP contribution in [0.5, 0.6) is 0 Å². The molecule has 90 valence electrons. The van der Waals surface area contributed by atoms with Gasteiger partial charge in [-0.25, -0.2) is 4.79 Å². The van der Waals surface area contributed by atoms with Crippen LogP contribution in [0.3, 0.4) is 0 Å². The molecule has 1 amide bonds. The summed E-state index contributed by atoms with van der Waals surface area (Å²) in [6.07, 6.45) is 2.61. The molecule has 0 aromatic heterocycles. The van der Waals surface area contributed by atoms with Gasteiger partial charge in [-0.15, -0.1) is 0 Å². The fourth-order valence-electron chi connectivity index (χ4n) is 2.70. The lowest BCUT2D eigenvalue weighted by atomic mass is 9.60. The van der Waals surface area contributed by atoms with Crippen LogP contribution < -0.4 is 0 Å². The number of hydrogen-bond donors (Lipinski definition) is 0. The van der Waals surface area contributed by atoms with E-state index in [4.69, 9.17) is 4.74 Å². The van der Waals surface area contributed by atoms with E-state index in [-0.39, 0.29) is 11.5 Å². The molecule has 16 heavy (non-hydrogen) atoms. The zero-order chi connectivity index (χ0) is 12.0. The number of piperidine rings is 2. The second-order valence-electron chi connectivity index (χ2n) is 6.12. The van der Waals surface area contributed by atoms with Gasteiger partial charge in [0.2, 0.25) is 0 Å². The van der Waals surface area contributed by atoms with Crippen LogP contribution in [0.4, 0.5) is 4.79 Å². The van der Waals surface area contributed by atoms with Gasteiger partial charge in [0.25, 0.3) is 0 Å². The monoisotopic (exact) mass is 225 g/mol. The molecular formula is C12H19NO3. The summed E-state index contributed by atoms with van der Waals surface area (Å²) in [5.74, 6) is 0.492. The standard InChI is InChI=1S/C12H19NO3/c1-11(2,3)16-10(15)13-6-9-4-12(5-9,7-13)8-14/h8-9H,4-7H2,1-3H3. The Morgan fingerprint density at radius 1 is 1.44 bits per heavy atom. The summed E-state index contributed by atoms with van der Waals surface area (Å²) in [7, 11) is 0. The lowest BCUT2D eigenvalue weighted by Gasteiger charge is -2.53. The second-order valence-corrected chi connectivity index (χ2v) is 6.12. The highest BCUT2D eigenvalue weighted by molar-refractivity contribution is 5.71. The minimum atomic E-state index is -0.465. The van der Waals surface area contributed by atoms with E-state index in [1.54, 1.807) is 4.90 Å². The van der Waals surface area contributed by atoms with Crippen molar-refractivity contribution in [3.8, 4) is 0 Å². The van der Waals surface area contributed by atoms with E-state index in [2.05, 4.69) is 0 Å². The van der Waals surface area contributed by atoms with E-state index in [1.807, 2.05) is 20.8 Å². The smallest absolute Gasteiger partial charge is 0.410 e. The van der Waals surface area contributed by atoms with Crippen molar-refractivity contribution in [1.82, 2.24) is 4.90 Å². The second kappa shape index (κ2) is 3.47. The molecule has 0 aromatic rings. The molecule has 0 atom stereocenters. The van der Waals surface area contributed by atoms with Gasteiger partial charge < -0.3 is 14.4 Å². The highest BCUT2D eigenvalue weighted by Gasteiger charge is 2.51. The Morgan fingerprint density at radius 3 is 2.56 bits per heavy atom. The van der Waals surface area contributed by atoms with Gasteiger partial charge in [0.15, 0.2) is 0 Å². The quantitative estimate of drug-likeness (QED) is 0.640. The fourth-order valence-corrected chi connectivity index (χ4v) is 2.70. The van der Waals surface area contributed by atoms with Crippen LogP contribution in [-0.4, -0.2) is 36.0 Å². The Hall–Kier alpha value is -1.06. The van der Waals surface area contributed by atoms with Crippen molar-refractivity contribution in [2.75, 3.05) is 13.1 Å². The summed E-state index contributed by atoms with van der Waals surface area (Å²) in [5.41, 5.74) is -0.729. The predicted molar refractivity (Wildman–Crippen MR) is 59.0 cm³/mol. The van der Waals surface area contributed by atoms with Crippen LogP contribution >= 0.6 is 0 Å². The average molecular weight is 225 g/mol. The highest BCUT2D eigenvalue weighted by atomic mass is 16.6. The number of fused-ring (bicyclic) bond motifs is 2. The Morgan fingerprint density at radius 2 is 2.06 bits per heavy atom. The van der Waals surface area contributed by atoms with Crippen LogP contribution in [0, 0.1) is 11.3 Å². The van der Waals surface area contributed by atoms with Crippen molar-refractivity contribution in [2.45, 2.75) is 39.2 Å². The first-order valence-electron chi connectivity index (χ1n) is 5.78. The molecule has 4 heteroatoms. The predicted octanol–water partition coefficient (Wildman–Crippen LogP) is 1.83. The lowest BCUT2D eigenvalue weighted by molar-refractivity contribution is -0.132. The molecule has 2 saturated heterocycles. The molecule has 0 aromatic carbocycles. The lowest BCUT2D eigenvalue weighted by Crippen LogP contribution is -2.59. The molecule has 1 aliphatic carbocycles. The summed E-state index contributed by atoms with van der Waals surface area (Å²) in [4.78, 5) is 24.5. The van der Waals surface area contributed by atoms with Gasteiger partial charge >= 0.3 is 6.09 Å². The summed E-state index contributed by atoms with van der Waals surface area (Å²) >= 11 is 0. The van der Waals surface area contributed by atoms with E-state index in [0.29, 0.717) is 12.5 Å². The minimum absolute atomic E-state index is 0.264. The van der Waals surface area contributed by atoms with Crippen molar-refractivity contribution in [3.05, 3.63) is 0 Å². The van der Waals surface area contributed by atoms with Crippen LogP contribution in [0.25, 0.3) is 0 Å². The van der Waals surface area contributed by atoms with E-state index in [9.17, 15) is 9.59 Å². The third-order valence-electron chi connectivity index (χ3n) is 3.28. The number of hydrogen-bond acceptors (Lipinski definition) is 3. The van der Waals surface area contributed by atoms with Crippen molar-refractivity contribution >= 4 is 12.4 Å². The van der Waals surface area contributed by atoms with Gasteiger partial charge in [0.1, 0.15) is 11.9 Å². The Bertz CT molecular complexity index is 313. The molecular weight excluding hydrogens is 206 g/mol. The first-order valence-corrected chi connectivity index (χ1v) is 5.78. The first kappa shape index (κ1) is 11.4. The van der Waals surface area contributed by atoms with Crippen LogP contribution in [0.15, 0.2) is 0 Å². The molecule has 2 aliphatic heterocycles. The van der Waals surface area contributed by atoms with E-state index in [1.165, 1.54) is 0 Å². The highest BCUT2D eigenvalue weighted by Crippen LogP contribution is 2.49. The van der Waals surface area contributed by atoms with Crippen molar-refractivity contribution < 1.29 is 14.3 Å². The van der Waals surface area contributed by atoms with Gasteiger partial charge in [-0.2, -0.15) is 0 Å². The zero-order valence-corrected chi connectivity index (χ0v) is 10.2. The maximum absolute atomic E-state index is 11.8. The Labute approximate surface area is 95.9 Å². The number of ether oxygens (including phenoxy) is 1. The molecule has 3 rings (SSSR count). The van der Waals surface area contributed by atoms with Crippen molar-refractivity contribution in [2.24, 2.45) is 11.3 Å². The van der Waals surface area contributed by atoms with Gasteiger partial charge in [0.05, 0.1) is 0 Å². The van der Waals surface area contributed by atoms with Crippen LogP contribution in [-0.2, 0) is 9.53 Å². The molecule has 1 saturated carbocycles.